The maximum Gasteiger partial charge on any atom is 0.119 e. The summed E-state index contributed by atoms with van der Waals surface area (Å²) in [5.41, 5.74) is 20.6. The van der Waals surface area contributed by atoms with Crippen molar-refractivity contribution in [2.45, 2.75) is 284 Å². The number of aromatic hydroxyl groups is 6. The average molecular weight is 1840 g/mol. The molecule has 8 fully saturated rings. The van der Waals surface area contributed by atoms with E-state index in [0.717, 1.165) is 73.3 Å². The van der Waals surface area contributed by atoms with Crippen LogP contribution in [0.15, 0.2) is 222 Å². The zero-order chi connectivity index (χ0) is 83.3. The summed E-state index contributed by atoms with van der Waals surface area (Å²) in [6.45, 7) is 8.55. The number of hydrogen-bond acceptors (Lipinski definition) is 8. The molecule has 0 aromatic heterocycles. The second-order valence-corrected chi connectivity index (χ2v) is 34.7. The van der Waals surface area contributed by atoms with Crippen molar-refractivity contribution >= 4 is 33.9 Å². The number of hydrogen-bond donors (Lipinski definition) is 6. The van der Waals surface area contributed by atoms with Crippen LogP contribution in [-0.2, 0) is 68.3 Å². The van der Waals surface area contributed by atoms with Gasteiger partial charge in [0, 0.05) is 80.7 Å². The van der Waals surface area contributed by atoms with E-state index in [-0.39, 0.29) is 91.3 Å². The van der Waals surface area contributed by atoms with E-state index < -0.39 is 0 Å². The minimum absolute atomic E-state index is 0. The number of phenols is 6. The van der Waals surface area contributed by atoms with Gasteiger partial charge in [0.15, 0.2) is 0 Å². The Labute approximate surface area is 784 Å². The van der Waals surface area contributed by atoms with Gasteiger partial charge < -0.3 is 40.3 Å². The molecule has 0 unspecified atom stereocenters. The van der Waals surface area contributed by atoms with Gasteiger partial charge in [0.1, 0.15) is 40.2 Å². The van der Waals surface area contributed by atoms with Gasteiger partial charge in [-0.2, -0.15) is 0 Å². The molecule has 8 nitrogen and oxygen atoms in total. The third-order valence-corrected chi connectivity index (χ3v) is 25.5. The zero-order valence-corrected chi connectivity index (χ0v) is 79.5. The van der Waals surface area contributed by atoms with Crippen molar-refractivity contribution in [3.63, 3.8) is 0 Å². The van der Waals surface area contributed by atoms with Gasteiger partial charge in [-0.15, -0.1) is 11.6 Å². The normalized spacial score (nSPS) is 16.3. The van der Waals surface area contributed by atoms with Crippen LogP contribution in [0.3, 0.4) is 0 Å². The molecule has 0 radical (unpaired) electrons. The van der Waals surface area contributed by atoms with Crippen LogP contribution in [-0.4, -0.2) is 68.7 Å². The van der Waals surface area contributed by atoms with Gasteiger partial charge in [-0.05, 0) is 273 Å². The van der Waals surface area contributed by atoms with E-state index in [1.807, 2.05) is 72.8 Å². The largest absolute Gasteiger partial charge is 0.508 e. The number of phenolic OH excluding ortho intramolecular Hbond substituents is 6. The molecule has 16 rings (SSSR count). The molecule has 8 aromatic rings. The Hall–Kier alpha value is -6.35. The van der Waals surface area contributed by atoms with Crippen molar-refractivity contribution in [2.75, 3.05) is 33.1 Å². The van der Waals surface area contributed by atoms with Crippen LogP contribution < -0.4 is 4.74 Å². The van der Waals surface area contributed by atoms with Crippen LogP contribution in [0, 0.1) is 23.7 Å². The third kappa shape index (κ3) is 36.2. The summed E-state index contributed by atoms with van der Waals surface area (Å²) in [6, 6.07) is 64.3. The van der Waals surface area contributed by atoms with E-state index in [4.69, 9.17) is 16.3 Å². The van der Waals surface area contributed by atoms with Crippen molar-refractivity contribution in [2.24, 2.45) is 23.7 Å². The van der Waals surface area contributed by atoms with Crippen molar-refractivity contribution in [1.82, 2.24) is 4.90 Å². The summed E-state index contributed by atoms with van der Waals surface area (Å²) in [5, 5.41) is 57.8. The number of rotatable bonds is 22. The van der Waals surface area contributed by atoms with Crippen molar-refractivity contribution in [3.05, 3.63) is 267 Å². The third-order valence-electron chi connectivity index (χ3n) is 25.3. The minimum atomic E-state index is 0. The molecular formula is C109H146ClFe4NO7. The first-order chi connectivity index (χ1) is 57.7. The molecule has 668 valence electrons. The Morgan fingerprint density at radius 1 is 0.279 bits per heavy atom. The van der Waals surface area contributed by atoms with Crippen molar-refractivity contribution < 1.29 is 104 Å². The fraction of sp³-hybridized carbons (Fsp3) is 0.486. The maximum atomic E-state index is 9.75. The van der Waals surface area contributed by atoms with Gasteiger partial charge in [-0.25, -0.2) is 0 Å². The summed E-state index contributed by atoms with van der Waals surface area (Å²) < 4.78 is 5.92. The molecule has 0 amide bonds. The Balaban J connectivity index is 0.000000265. The quantitative estimate of drug-likeness (QED) is 0.0225. The summed E-state index contributed by atoms with van der Waals surface area (Å²) in [4.78, 5) is 2.18. The number of nitrogens with zero attached hydrogens (tertiary/aromatic N) is 1. The van der Waals surface area contributed by atoms with Crippen LogP contribution in [0.4, 0.5) is 0 Å². The molecule has 122 heavy (non-hydrogen) atoms. The molecule has 0 saturated heterocycles. The predicted molar refractivity (Wildman–Crippen MR) is 501 cm³/mol. The molecule has 8 aliphatic rings. The Bertz CT molecular complexity index is 4040. The van der Waals surface area contributed by atoms with E-state index in [1.165, 1.54) is 287 Å². The van der Waals surface area contributed by atoms with Gasteiger partial charge in [-0.3, -0.25) is 0 Å². The van der Waals surface area contributed by atoms with E-state index in [9.17, 15) is 30.6 Å². The van der Waals surface area contributed by atoms with Crippen LogP contribution in [0.25, 0.3) is 22.3 Å². The summed E-state index contributed by atoms with van der Waals surface area (Å²) >= 11 is 6.13. The molecule has 13 heteroatoms. The molecule has 8 aromatic carbocycles. The number of halogens is 1. The fourth-order valence-corrected chi connectivity index (χ4v) is 19.3. The molecule has 8 saturated carbocycles. The Morgan fingerprint density at radius 2 is 0.475 bits per heavy atom. The van der Waals surface area contributed by atoms with Crippen molar-refractivity contribution in [1.29, 1.82) is 0 Å². The van der Waals surface area contributed by atoms with Crippen molar-refractivity contribution in [3.8, 4) is 40.2 Å². The molecule has 0 aliphatic heterocycles. The predicted octanol–water partition coefficient (Wildman–Crippen LogP) is 30.9. The topological polar surface area (TPSA) is 134 Å². The first-order valence-corrected chi connectivity index (χ1v) is 47.0. The second-order valence-electron chi connectivity index (χ2n) is 34.3. The van der Waals surface area contributed by atoms with E-state index in [2.05, 4.69) is 94.4 Å². The van der Waals surface area contributed by atoms with Gasteiger partial charge >= 0.3 is 0 Å². The number of ether oxygens (including phenoxy) is 1. The molecule has 0 spiro atoms. The molecule has 0 atom stereocenters. The first-order valence-electron chi connectivity index (χ1n) is 46.4. The Kier molecular flexibility index (Phi) is 53.2. The van der Waals surface area contributed by atoms with Gasteiger partial charge in [0.25, 0.3) is 0 Å². The molecular weight excluding hydrogens is 1690 g/mol. The number of allylic oxidation sites excluding steroid dienone is 4. The molecule has 6 N–H and O–H groups in total. The summed E-state index contributed by atoms with van der Waals surface area (Å²) in [6.07, 6.45) is 55.8. The smallest absolute Gasteiger partial charge is 0.119 e. The van der Waals surface area contributed by atoms with E-state index >= 15 is 0 Å². The molecule has 0 bridgehead atoms. The van der Waals surface area contributed by atoms with Gasteiger partial charge in [0.05, 0.1) is 6.61 Å². The standard InChI is InChI=1S/C26H35NO2.C21H23ClO2.C21H24O2.C21H24O.4C5H10.4Fe/c1-4-25(20-8-5-6-9-20)26(21-10-14-23(28)15-11-21)22-12-16-24(17-13-22)29-19-7-18-27(2)3;22-14-13-20(15-3-1-2-4-15)21(16-5-9-18(23)10-6-16)17-7-11-19(24)12-8-17;1-2-20(15-5-3-4-6-15)21(16-7-11-18(22)12-8-16)17-9-13-19(23)14-10-17;1-2-20(16-8-6-7-9-16)21(17-10-4-3-5-11-17)18-12-14-19(22)15-13-18;4*1-2-4-5-3-1;;;;/h10-17,20,28H,4-9,18-19H2,1-3H3;5-12,15,23-24H,1-4,13-14H2;7-15,22-23H,2-6H2,1H3;3-5,10-16,22H,2,6-9H2,1H3;4*1-5H2;;;;/b26-25-;;;21-20-;;;;;;;;. The molecule has 8 aliphatic carbocycles. The zero-order valence-electron chi connectivity index (χ0n) is 74.3. The van der Waals surface area contributed by atoms with Gasteiger partial charge in [0.2, 0.25) is 0 Å². The summed E-state index contributed by atoms with van der Waals surface area (Å²) in [5.74, 6) is 5.90. The minimum Gasteiger partial charge on any atom is -0.508 e. The second kappa shape index (κ2) is 61.1. The SMILES string of the molecule is C1CCCC1.C1CCCC1.C1CCCC1.C1CCCC1.CC/C(=C(\c1ccc(O)cc1)c1ccc(OCCCN(C)C)cc1)C1CCCC1.CC/C(=C(\c1ccccc1)c1ccc(O)cc1)C1CCCC1.CCC(=C(c1ccc(O)cc1)c1ccc(O)cc1)C1CCCC1.Oc1ccc(C(=C(CCCl)C2CCCC2)c2ccc(O)cc2)cc1.[Fe].[Fe].[Fe].[Fe]. The fourth-order valence-electron chi connectivity index (χ4n) is 19.1. The number of alkyl halides is 1. The van der Waals surface area contributed by atoms with E-state index in [0.29, 0.717) is 41.1 Å². The average Bonchev–Trinajstić information content (AvgIpc) is 1.09. The van der Waals surface area contributed by atoms with E-state index in [1.54, 1.807) is 83.9 Å². The monoisotopic (exact) mass is 1840 g/mol. The summed E-state index contributed by atoms with van der Waals surface area (Å²) in [7, 11) is 4.17. The maximum absolute atomic E-state index is 9.75. The first kappa shape index (κ1) is 106. The van der Waals surface area contributed by atoms with Crippen LogP contribution in [0.1, 0.15) is 329 Å². The van der Waals surface area contributed by atoms with Crippen LogP contribution in [0.5, 0.6) is 40.2 Å². The number of benzene rings is 8. The van der Waals surface area contributed by atoms with Crippen LogP contribution in [0.2, 0.25) is 0 Å². The molecule has 0 heterocycles. The van der Waals surface area contributed by atoms with Crippen LogP contribution >= 0.6 is 11.6 Å². The van der Waals surface area contributed by atoms with Gasteiger partial charge in [-0.1, -0.05) is 338 Å². The Morgan fingerprint density at radius 3 is 0.680 bits per heavy atom.